The van der Waals surface area contributed by atoms with Gasteiger partial charge in [-0.3, -0.25) is 4.79 Å². The smallest absolute Gasteiger partial charge is 0.262 e. The summed E-state index contributed by atoms with van der Waals surface area (Å²) in [4.78, 5) is 14.3. The van der Waals surface area contributed by atoms with E-state index in [4.69, 9.17) is 23.2 Å². The van der Waals surface area contributed by atoms with Crippen molar-refractivity contribution in [2.75, 3.05) is 49.6 Å². The monoisotopic (exact) mass is 415 g/mol. The number of halogens is 2. The van der Waals surface area contributed by atoms with E-state index in [-0.39, 0.29) is 5.57 Å². The van der Waals surface area contributed by atoms with Crippen molar-refractivity contribution in [2.24, 2.45) is 0 Å². The van der Waals surface area contributed by atoms with Crippen LogP contribution in [0.15, 0.2) is 29.8 Å². The van der Waals surface area contributed by atoms with Gasteiger partial charge in [-0.2, -0.15) is 5.26 Å². The number of amides is 1. The summed E-state index contributed by atoms with van der Waals surface area (Å²) in [5.74, 6) is 0.115. The third kappa shape index (κ3) is 6.69. The summed E-state index contributed by atoms with van der Waals surface area (Å²) in [6.07, 6.45) is 1.38. The predicted molar refractivity (Wildman–Crippen MR) is 106 cm³/mol. The Hall–Kier alpha value is -1.82. The number of aliphatic hydroxyl groups is 3. The van der Waals surface area contributed by atoms with E-state index in [1.54, 1.807) is 18.2 Å². The molecule has 27 heavy (non-hydrogen) atoms. The van der Waals surface area contributed by atoms with Gasteiger partial charge in [-0.15, -0.1) is 23.2 Å². The highest BCUT2D eigenvalue weighted by atomic mass is 35.5. The van der Waals surface area contributed by atoms with Gasteiger partial charge < -0.3 is 25.5 Å². The van der Waals surface area contributed by atoms with Crippen molar-refractivity contribution in [3.05, 3.63) is 35.4 Å². The number of benzene rings is 1. The van der Waals surface area contributed by atoms with Crippen LogP contribution < -0.4 is 10.2 Å². The first-order valence-electron chi connectivity index (χ1n) is 8.23. The molecule has 1 rings (SSSR count). The van der Waals surface area contributed by atoms with Gasteiger partial charge in [-0.1, -0.05) is 12.1 Å². The molecule has 0 aliphatic carbocycles. The van der Waals surface area contributed by atoms with Crippen molar-refractivity contribution in [1.29, 1.82) is 5.26 Å². The van der Waals surface area contributed by atoms with Crippen LogP contribution in [0.1, 0.15) is 5.56 Å². The topological polar surface area (TPSA) is 117 Å². The van der Waals surface area contributed by atoms with Crippen LogP contribution in [0, 0.1) is 11.3 Å². The molecule has 0 saturated heterocycles. The minimum atomic E-state index is -1.60. The summed E-state index contributed by atoms with van der Waals surface area (Å²) < 4.78 is 0. The number of hydrogen-bond acceptors (Lipinski definition) is 6. The quantitative estimate of drug-likeness (QED) is 0.240. The molecule has 7 nitrogen and oxygen atoms in total. The maximum absolute atomic E-state index is 12.2. The first kappa shape index (κ1) is 23.2. The van der Waals surface area contributed by atoms with Crippen LogP contribution in [-0.4, -0.2) is 71.4 Å². The largest absolute Gasteiger partial charge is 0.394 e. The van der Waals surface area contributed by atoms with Crippen LogP contribution in [0.4, 0.5) is 5.69 Å². The molecule has 0 heterocycles. The van der Waals surface area contributed by atoms with Crippen LogP contribution in [0.25, 0.3) is 6.08 Å². The second-order valence-corrected chi connectivity index (χ2v) is 6.59. The zero-order chi connectivity index (χ0) is 20.3. The Labute approximate surface area is 168 Å². The molecular weight excluding hydrogens is 393 g/mol. The van der Waals surface area contributed by atoms with E-state index in [1.807, 2.05) is 17.0 Å². The van der Waals surface area contributed by atoms with E-state index in [1.165, 1.54) is 6.08 Å². The highest BCUT2D eigenvalue weighted by Gasteiger charge is 2.31. The second-order valence-electron chi connectivity index (χ2n) is 5.84. The lowest BCUT2D eigenvalue weighted by atomic mass is 10.0. The lowest BCUT2D eigenvalue weighted by Crippen LogP contribution is -2.57. The SMILES string of the molecule is N#C/C(=C/c1ccc(N(CCCl)CCCl)cc1)C(=O)NC(CO)(CO)CO. The summed E-state index contributed by atoms with van der Waals surface area (Å²) >= 11 is 11.6. The molecule has 0 bridgehead atoms. The molecule has 0 atom stereocenters. The van der Waals surface area contributed by atoms with Gasteiger partial charge in [0, 0.05) is 30.5 Å². The first-order chi connectivity index (χ1) is 13.0. The standard InChI is InChI=1S/C18H23Cl2N3O4/c19-5-7-23(8-6-20)16-3-1-14(2-4-16)9-15(10-21)17(27)22-18(11-24,12-25)13-26/h1-4,9,24-26H,5-8,11-13H2,(H,22,27)/b15-9-. The Kier molecular flexibility index (Phi) is 10.1. The highest BCUT2D eigenvalue weighted by molar-refractivity contribution is 6.18. The zero-order valence-corrected chi connectivity index (χ0v) is 16.2. The number of hydrogen-bond donors (Lipinski definition) is 4. The molecule has 0 unspecified atom stereocenters. The Morgan fingerprint density at radius 2 is 1.63 bits per heavy atom. The van der Waals surface area contributed by atoms with Gasteiger partial charge in [-0.05, 0) is 23.8 Å². The number of anilines is 1. The fourth-order valence-electron chi connectivity index (χ4n) is 2.25. The van der Waals surface area contributed by atoms with Gasteiger partial charge in [0.15, 0.2) is 0 Å². The molecule has 0 aromatic heterocycles. The van der Waals surface area contributed by atoms with Gasteiger partial charge in [0.2, 0.25) is 0 Å². The van der Waals surface area contributed by atoms with E-state index in [2.05, 4.69) is 5.32 Å². The van der Waals surface area contributed by atoms with Gasteiger partial charge in [-0.25, -0.2) is 0 Å². The second kappa shape index (κ2) is 11.8. The highest BCUT2D eigenvalue weighted by Crippen LogP contribution is 2.17. The molecular formula is C18H23Cl2N3O4. The molecule has 0 aliphatic heterocycles. The van der Waals surface area contributed by atoms with Crippen molar-refractivity contribution in [1.82, 2.24) is 5.32 Å². The number of aliphatic hydroxyl groups excluding tert-OH is 3. The number of nitrogens with zero attached hydrogens (tertiary/aromatic N) is 2. The van der Waals surface area contributed by atoms with Crippen LogP contribution in [0.5, 0.6) is 0 Å². The lowest BCUT2D eigenvalue weighted by molar-refractivity contribution is -0.121. The fourth-order valence-corrected chi connectivity index (χ4v) is 2.66. The molecule has 0 spiro atoms. The number of carbonyl (C=O) groups is 1. The van der Waals surface area contributed by atoms with Crippen molar-refractivity contribution >= 4 is 40.9 Å². The fraction of sp³-hybridized carbons (Fsp3) is 0.444. The van der Waals surface area contributed by atoms with E-state index < -0.39 is 31.3 Å². The van der Waals surface area contributed by atoms with Crippen LogP contribution >= 0.6 is 23.2 Å². The molecule has 0 aliphatic rings. The molecule has 9 heteroatoms. The van der Waals surface area contributed by atoms with Crippen LogP contribution in [-0.2, 0) is 4.79 Å². The summed E-state index contributed by atoms with van der Waals surface area (Å²) in [6, 6.07) is 8.93. The summed E-state index contributed by atoms with van der Waals surface area (Å²) in [7, 11) is 0. The molecule has 0 fully saturated rings. The molecule has 1 aromatic rings. The summed E-state index contributed by atoms with van der Waals surface area (Å²) in [6.45, 7) is -0.732. The van der Waals surface area contributed by atoms with Gasteiger partial charge in [0.1, 0.15) is 17.2 Å². The molecule has 1 aromatic carbocycles. The maximum atomic E-state index is 12.2. The number of carbonyl (C=O) groups excluding carboxylic acids is 1. The van der Waals surface area contributed by atoms with E-state index in [9.17, 15) is 25.4 Å². The number of alkyl halides is 2. The number of nitrogens with one attached hydrogen (secondary N) is 1. The Bertz CT molecular complexity index is 656. The summed E-state index contributed by atoms with van der Waals surface area (Å²) in [5.41, 5.74) is -0.289. The third-order valence-corrected chi connectivity index (χ3v) is 4.27. The third-order valence-electron chi connectivity index (χ3n) is 3.93. The average molecular weight is 416 g/mol. The maximum Gasteiger partial charge on any atom is 0.262 e. The molecule has 4 N–H and O–H groups in total. The van der Waals surface area contributed by atoms with Gasteiger partial charge in [0.25, 0.3) is 5.91 Å². The van der Waals surface area contributed by atoms with Gasteiger partial charge >= 0.3 is 0 Å². The lowest BCUT2D eigenvalue weighted by Gasteiger charge is -2.28. The van der Waals surface area contributed by atoms with E-state index in [0.717, 1.165) is 5.69 Å². The van der Waals surface area contributed by atoms with Gasteiger partial charge in [0.05, 0.1) is 19.8 Å². The Morgan fingerprint density at radius 3 is 2.04 bits per heavy atom. The van der Waals surface area contributed by atoms with Crippen LogP contribution in [0.3, 0.4) is 0 Å². The summed E-state index contributed by atoms with van der Waals surface area (Å²) in [5, 5.41) is 39.4. The van der Waals surface area contributed by atoms with E-state index >= 15 is 0 Å². The number of nitriles is 1. The molecule has 148 valence electrons. The van der Waals surface area contributed by atoms with Crippen LogP contribution in [0.2, 0.25) is 0 Å². The zero-order valence-electron chi connectivity index (χ0n) is 14.7. The van der Waals surface area contributed by atoms with Crippen molar-refractivity contribution in [2.45, 2.75) is 5.54 Å². The average Bonchev–Trinajstić information content (AvgIpc) is 2.70. The Morgan fingerprint density at radius 1 is 1.11 bits per heavy atom. The van der Waals surface area contributed by atoms with E-state index in [0.29, 0.717) is 30.4 Å². The Balaban J connectivity index is 2.99. The normalized spacial score (nSPS) is 11.8. The molecule has 1 amide bonds. The minimum absolute atomic E-state index is 0.221. The van der Waals surface area contributed by atoms with Crippen molar-refractivity contribution in [3.8, 4) is 6.07 Å². The number of rotatable bonds is 11. The molecule has 0 saturated carbocycles. The van der Waals surface area contributed by atoms with Crippen molar-refractivity contribution < 1.29 is 20.1 Å². The molecule has 0 radical (unpaired) electrons. The first-order valence-corrected chi connectivity index (χ1v) is 9.30. The predicted octanol–water partition coefficient (Wildman–Crippen LogP) is 0.709. The minimum Gasteiger partial charge on any atom is -0.394 e. The van der Waals surface area contributed by atoms with Crippen molar-refractivity contribution in [3.63, 3.8) is 0 Å².